The molecule has 3 aromatic heterocycles. The zero-order chi connectivity index (χ0) is 19.1. The number of amides is 1. The number of rotatable bonds is 5. The van der Waals surface area contributed by atoms with Crippen molar-refractivity contribution in [1.82, 2.24) is 24.8 Å². The van der Waals surface area contributed by atoms with Gasteiger partial charge in [-0.15, -0.1) is 11.3 Å². The van der Waals surface area contributed by atoms with E-state index < -0.39 is 0 Å². The first-order chi connectivity index (χ1) is 13.7. The van der Waals surface area contributed by atoms with Crippen molar-refractivity contribution >= 4 is 33.4 Å². The summed E-state index contributed by atoms with van der Waals surface area (Å²) in [7, 11) is 2.16. The van der Waals surface area contributed by atoms with Crippen molar-refractivity contribution in [2.24, 2.45) is 0 Å². The standard InChI is InChI=1S/C20H24N6OS/c1-25-8-5-15(6-9-25)22-20-23-17(16-7-11-28-19(16)24-20)26-10-4-13(12-26)18(27)21-14-2-3-14/h4,7,10-12,14-15H,2-3,5-6,8-9H2,1H3,(H,21,27)(H,22,23,24). The summed E-state index contributed by atoms with van der Waals surface area (Å²) in [5.41, 5.74) is 0.665. The molecule has 1 saturated carbocycles. The van der Waals surface area contributed by atoms with Gasteiger partial charge in [0.2, 0.25) is 5.95 Å². The molecule has 0 radical (unpaired) electrons. The number of nitrogens with zero attached hydrogens (tertiary/aromatic N) is 4. The molecule has 8 heteroatoms. The number of carbonyl (C=O) groups excluding carboxylic acids is 1. The first-order valence-corrected chi connectivity index (χ1v) is 10.7. The topological polar surface area (TPSA) is 75.1 Å². The Labute approximate surface area is 167 Å². The Morgan fingerprint density at radius 2 is 1.96 bits per heavy atom. The van der Waals surface area contributed by atoms with Gasteiger partial charge in [-0.3, -0.25) is 4.79 Å². The van der Waals surface area contributed by atoms with Crippen molar-refractivity contribution in [3.8, 4) is 5.82 Å². The second kappa shape index (κ2) is 7.18. The number of likely N-dealkylation sites (tertiary alicyclic amines) is 1. The van der Waals surface area contributed by atoms with Crippen LogP contribution in [0.5, 0.6) is 0 Å². The molecule has 146 valence electrons. The number of hydrogen-bond donors (Lipinski definition) is 2. The van der Waals surface area contributed by atoms with Crippen LogP contribution in [0.15, 0.2) is 29.9 Å². The maximum atomic E-state index is 12.3. The molecule has 1 saturated heterocycles. The molecular formula is C20H24N6OS. The van der Waals surface area contributed by atoms with E-state index in [0.717, 1.165) is 54.8 Å². The zero-order valence-corrected chi connectivity index (χ0v) is 16.7. The van der Waals surface area contributed by atoms with Crippen molar-refractivity contribution in [2.75, 3.05) is 25.5 Å². The minimum atomic E-state index is -0.0125. The summed E-state index contributed by atoms with van der Waals surface area (Å²) in [6.07, 6.45) is 8.11. The van der Waals surface area contributed by atoms with Gasteiger partial charge in [-0.2, -0.15) is 4.98 Å². The average molecular weight is 397 g/mol. The molecule has 0 aromatic carbocycles. The molecule has 1 amide bonds. The molecule has 5 rings (SSSR count). The van der Waals surface area contributed by atoms with E-state index in [2.05, 4.69) is 22.6 Å². The lowest BCUT2D eigenvalue weighted by atomic mass is 10.1. The van der Waals surface area contributed by atoms with E-state index in [1.165, 1.54) is 0 Å². The van der Waals surface area contributed by atoms with Crippen molar-refractivity contribution < 1.29 is 4.79 Å². The molecule has 0 spiro atoms. The van der Waals surface area contributed by atoms with E-state index in [-0.39, 0.29) is 5.91 Å². The second-order valence-electron chi connectivity index (χ2n) is 7.79. The van der Waals surface area contributed by atoms with E-state index in [4.69, 9.17) is 9.97 Å². The van der Waals surface area contributed by atoms with E-state index in [0.29, 0.717) is 23.6 Å². The van der Waals surface area contributed by atoms with Crippen LogP contribution in [-0.4, -0.2) is 57.6 Å². The smallest absolute Gasteiger partial charge is 0.253 e. The van der Waals surface area contributed by atoms with Gasteiger partial charge in [0.15, 0.2) is 5.82 Å². The van der Waals surface area contributed by atoms with Gasteiger partial charge in [-0.1, -0.05) is 0 Å². The number of nitrogens with one attached hydrogen (secondary N) is 2. The number of hydrogen-bond acceptors (Lipinski definition) is 6. The van der Waals surface area contributed by atoms with Gasteiger partial charge >= 0.3 is 0 Å². The molecule has 2 aliphatic rings. The van der Waals surface area contributed by atoms with Crippen LogP contribution in [0.1, 0.15) is 36.0 Å². The van der Waals surface area contributed by atoms with Crippen molar-refractivity contribution in [1.29, 1.82) is 0 Å². The summed E-state index contributed by atoms with van der Waals surface area (Å²) < 4.78 is 1.93. The van der Waals surface area contributed by atoms with E-state index >= 15 is 0 Å². The van der Waals surface area contributed by atoms with Crippen molar-refractivity contribution in [3.63, 3.8) is 0 Å². The van der Waals surface area contributed by atoms with Crippen LogP contribution >= 0.6 is 11.3 Å². The highest BCUT2D eigenvalue weighted by atomic mass is 32.1. The van der Waals surface area contributed by atoms with Crippen LogP contribution in [0.4, 0.5) is 5.95 Å². The molecule has 3 aromatic rings. The Kier molecular flexibility index (Phi) is 4.52. The highest BCUT2D eigenvalue weighted by Gasteiger charge is 2.24. The van der Waals surface area contributed by atoms with E-state index in [9.17, 15) is 4.79 Å². The predicted molar refractivity (Wildman–Crippen MR) is 111 cm³/mol. The molecule has 0 bridgehead atoms. The van der Waals surface area contributed by atoms with Crippen LogP contribution in [0, 0.1) is 0 Å². The molecular weight excluding hydrogens is 372 g/mol. The van der Waals surface area contributed by atoms with Gasteiger partial charge in [0.25, 0.3) is 5.91 Å². The monoisotopic (exact) mass is 396 g/mol. The molecule has 1 aliphatic carbocycles. The fraction of sp³-hybridized carbons (Fsp3) is 0.450. The zero-order valence-electron chi connectivity index (χ0n) is 15.9. The van der Waals surface area contributed by atoms with E-state index in [1.807, 2.05) is 34.5 Å². The van der Waals surface area contributed by atoms with Gasteiger partial charge in [0.1, 0.15) is 4.83 Å². The van der Waals surface area contributed by atoms with Crippen molar-refractivity contribution in [2.45, 2.75) is 37.8 Å². The third-order valence-corrected chi connectivity index (χ3v) is 6.28. The molecule has 1 aliphatic heterocycles. The predicted octanol–water partition coefficient (Wildman–Crippen LogP) is 2.88. The minimum Gasteiger partial charge on any atom is -0.351 e. The summed E-state index contributed by atoms with van der Waals surface area (Å²) >= 11 is 1.61. The lowest BCUT2D eigenvalue weighted by molar-refractivity contribution is 0.0951. The number of aromatic nitrogens is 3. The Morgan fingerprint density at radius 3 is 2.75 bits per heavy atom. The van der Waals surface area contributed by atoms with Crippen LogP contribution in [0.2, 0.25) is 0 Å². The average Bonchev–Trinajstić information content (AvgIpc) is 3.18. The highest BCUT2D eigenvalue weighted by molar-refractivity contribution is 7.16. The Hall–Kier alpha value is -2.45. The maximum absolute atomic E-state index is 12.3. The van der Waals surface area contributed by atoms with Gasteiger partial charge in [0, 0.05) is 24.5 Å². The lowest BCUT2D eigenvalue weighted by Crippen LogP contribution is -2.37. The lowest BCUT2D eigenvalue weighted by Gasteiger charge is -2.29. The summed E-state index contributed by atoms with van der Waals surface area (Å²) in [5, 5.41) is 9.60. The summed E-state index contributed by atoms with van der Waals surface area (Å²) in [6, 6.07) is 4.63. The third kappa shape index (κ3) is 3.62. The van der Waals surface area contributed by atoms with Crippen molar-refractivity contribution in [3.05, 3.63) is 35.5 Å². The number of fused-ring (bicyclic) bond motifs is 1. The van der Waals surface area contributed by atoms with Crippen LogP contribution in [0.3, 0.4) is 0 Å². The van der Waals surface area contributed by atoms with Crippen LogP contribution in [-0.2, 0) is 0 Å². The number of anilines is 1. The summed E-state index contributed by atoms with van der Waals surface area (Å²) in [6.45, 7) is 2.17. The molecule has 2 N–H and O–H groups in total. The van der Waals surface area contributed by atoms with Crippen LogP contribution < -0.4 is 10.6 Å². The molecule has 28 heavy (non-hydrogen) atoms. The number of thiophene rings is 1. The molecule has 2 fully saturated rings. The quantitative estimate of drug-likeness (QED) is 0.694. The fourth-order valence-corrected chi connectivity index (χ4v) is 4.35. The van der Waals surface area contributed by atoms with Gasteiger partial charge in [-0.25, -0.2) is 4.98 Å². The normalized spacial score (nSPS) is 18.5. The van der Waals surface area contributed by atoms with E-state index in [1.54, 1.807) is 11.3 Å². The fourth-order valence-electron chi connectivity index (χ4n) is 3.60. The molecule has 7 nitrogen and oxygen atoms in total. The molecule has 0 atom stereocenters. The Morgan fingerprint density at radius 1 is 1.14 bits per heavy atom. The highest BCUT2D eigenvalue weighted by Crippen LogP contribution is 2.27. The first kappa shape index (κ1) is 17.6. The van der Waals surface area contributed by atoms with Gasteiger partial charge < -0.3 is 20.1 Å². The molecule has 0 unspecified atom stereocenters. The Bertz CT molecular complexity index is 999. The minimum absolute atomic E-state index is 0.0125. The second-order valence-corrected chi connectivity index (χ2v) is 8.68. The first-order valence-electron chi connectivity index (χ1n) is 9.85. The third-order valence-electron chi connectivity index (χ3n) is 5.47. The maximum Gasteiger partial charge on any atom is 0.253 e. The molecule has 4 heterocycles. The Balaban J connectivity index is 1.42. The SMILES string of the molecule is CN1CCC(Nc2nc(-n3ccc(C(=O)NC4CC4)c3)c3ccsc3n2)CC1. The summed E-state index contributed by atoms with van der Waals surface area (Å²) in [5.74, 6) is 1.46. The summed E-state index contributed by atoms with van der Waals surface area (Å²) in [4.78, 5) is 25.2. The number of carbonyl (C=O) groups is 1. The van der Waals surface area contributed by atoms with Crippen LogP contribution in [0.25, 0.3) is 16.0 Å². The number of piperidine rings is 1. The van der Waals surface area contributed by atoms with Gasteiger partial charge in [0.05, 0.1) is 10.9 Å². The van der Waals surface area contributed by atoms with Gasteiger partial charge in [-0.05, 0) is 63.3 Å². The largest absolute Gasteiger partial charge is 0.351 e.